The van der Waals surface area contributed by atoms with Gasteiger partial charge in [0.1, 0.15) is 11.4 Å². The van der Waals surface area contributed by atoms with E-state index in [0.29, 0.717) is 32.8 Å². The number of benzene rings is 1. The maximum atomic E-state index is 13.4. The van der Waals surface area contributed by atoms with Crippen molar-refractivity contribution in [3.63, 3.8) is 0 Å². The summed E-state index contributed by atoms with van der Waals surface area (Å²) in [6.07, 6.45) is 3.79. The molecule has 0 N–H and O–H groups in total. The minimum Gasteiger partial charge on any atom is -0.496 e. The number of aromatic nitrogens is 2. The van der Waals surface area contributed by atoms with Gasteiger partial charge in [-0.25, -0.2) is 9.78 Å². The van der Waals surface area contributed by atoms with Gasteiger partial charge in [-0.1, -0.05) is 24.3 Å². The minimum absolute atomic E-state index is 0.0389. The number of hydrogen-bond acceptors (Lipinski definition) is 5. The minimum atomic E-state index is -0.322. The average Bonchev–Trinajstić information content (AvgIpc) is 3.28. The van der Waals surface area contributed by atoms with Crippen molar-refractivity contribution in [1.29, 1.82) is 0 Å². The highest BCUT2D eigenvalue weighted by molar-refractivity contribution is 5.78. The van der Waals surface area contributed by atoms with E-state index in [0.717, 1.165) is 28.2 Å². The third kappa shape index (κ3) is 4.65. The van der Waals surface area contributed by atoms with Crippen molar-refractivity contribution in [2.24, 2.45) is 0 Å². The fraction of sp³-hybridized carbons (Fsp3) is 0.400. The summed E-state index contributed by atoms with van der Waals surface area (Å²) in [6, 6.07) is 11.8. The first-order chi connectivity index (χ1) is 16.0. The number of methoxy groups -OCH3 is 1. The molecule has 8 nitrogen and oxygen atoms in total. The summed E-state index contributed by atoms with van der Waals surface area (Å²) in [5.41, 5.74) is 3.84. The van der Waals surface area contributed by atoms with E-state index in [2.05, 4.69) is 9.38 Å². The number of amides is 2. The Morgan fingerprint density at radius 2 is 1.79 bits per heavy atom. The lowest BCUT2D eigenvalue weighted by atomic mass is 9.91. The quantitative estimate of drug-likeness (QED) is 0.575. The topological polar surface area (TPSA) is 76.4 Å². The van der Waals surface area contributed by atoms with Gasteiger partial charge in [0.2, 0.25) is 5.91 Å². The lowest BCUT2D eigenvalue weighted by molar-refractivity contribution is -0.133. The van der Waals surface area contributed by atoms with Crippen molar-refractivity contribution in [2.45, 2.75) is 26.2 Å². The maximum absolute atomic E-state index is 13.4. The Morgan fingerprint density at radius 1 is 1.06 bits per heavy atom. The molecule has 4 rings (SSSR count). The highest BCUT2D eigenvalue weighted by atomic mass is 16.6. The number of rotatable bonds is 6. The van der Waals surface area contributed by atoms with Gasteiger partial charge in [0.05, 0.1) is 19.4 Å². The van der Waals surface area contributed by atoms with Crippen LogP contribution in [0.2, 0.25) is 0 Å². The lowest BCUT2D eigenvalue weighted by Crippen LogP contribution is -2.51. The van der Waals surface area contributed by atoms with Crippen LogP contribution < -0.4 is 4.74 Å². The van der Waals surface area contributed by atoms with Crippen LogP contribution in [-0.2, 0) is 9.53 Å². The van der Waals surface area contributed by atoms with Crippen LogP contribution >= 0.6 is 0 Å². The molecular weight excluding hydrogens is 420 g/mol. The van der Waals surface area contributed by atoms with Gasteiger partial charge in [0.25, 0.3) is 0 Å². The van der Waals surface area contributed by atoms with Crippen molar-refractivity contribution in [2.75, 3.05) is 39.9 Å². The van der Waals surface area contributed by atoms with Crippen molar-refractivity contribution < 1.29 is 19.1 Å². The second-order valence-electron chi connectivity index (χ2n) is 8.13. The van der Waals surface area contributed by atoms with Crippen LogP contribution in [0.4, 0.5) is 4.79 Å². The van der Waals surface area contributed by atoms with E-state index in [-0.39, 0.29) is 24.3 Å². The Balaban J connectivity index is 1.60. The predicted molar refractivity (Wildman–Crippen MR) is 125 cm³/mol. The van der Waals surface area contributed by atoms with Gasteiger partial charge in [-0.05, 0) is 31.5 Å². The van der Waals surface area contributed by atoms with E-state index in [1.807, 2.05) is 60.6 Å². The van der Waals surface area contributed by atoms with E-state index in [4.69, 9.17) is 9.47 Å². The third-order valence-corrected chi connectivity index (χ3v) is 6.17. The van der Waals surface area contributed by atoms with Gasteiger partial charge in [-0.15, -0.1) is 0 Å². The smallest absolute Gasteiger partial charge is 0.409 e. The van der Waals surface area contributed by atoms with Gasteiger partial charge in [-0.3, -0.25) is 4.79 Å². The average molecular weight is 451 g/mol. The Kier molecular flexibility index (Phi) is 6.82. The fourth-order valence-electron chi connectivity index (χ4n) is 4.41. The second-order valence-corrected chi connectivity index (χ2v) is 8.13. The van der Waals surface area contributed by atoms with E-state index < -0.39 is 0 Å². The van der Waals surface area contributed by atoms with Crippen LogP contribution in [0.3, 0.4) is 0 Å². The van der Waals surface area contributed by atoms with Crippen LogP contribution in [0.5, 0.6) is 5.75 Å². The Bertz CT molecular complexity index is 1130. The molecule has 174 valence electrons. The Labute approximate surface area is 193 Å². The molecule has 1 aliphatic rings. The van der Waals surface area contributed by atoms with E-state index in [1.165, 1.54) is 0 Å². The number of pyridine rings is 1. The Morgan fingerprint density at radius 3 is 2.52 bits per heavy atom. The number of piperazine rings is 1. The zero-order chi connectivity index (χ0) is 23.4. The molecule has 0 aliphatic carbocycles. The molecule has 2 amide bonds. The normalized spacial score (nSPS) is 14.9. The van der Waals surface area contributed by atoms with Crippen LogP contribution in [0.1, 0.15) is 36.1 Å². The summed E-state index contributed by atoms with van der Waals surface area (Å²) in [5.74, 6) is 0.551. The standard InChI is InChI=1S/C25H30N4O4/c1-4-33-25(31)28-14-12-27(13-15-28)23(30)16-20(19-9-5-6-10-22(19)32-3)21-17-26-24-18(2)8-7-11-29(21)24/h5-11,17,20H,4,12-16H2,1-3H3. The van der Waals surface area contributed by atoms with Gasteiger partial charge in [0.15, 0.2) is 0 Å². The second kappa shape index (κ2) is 9.94. The molecule has 3 aromatic rings. The molecule has 1 unspecified atom stereocenters. The zero-order valence-corrected chi connectivity index (χ0v) is 19.4. The summed E-state index contributed by atoms with van der Waals surface area (Å²) < 4.78 is 12.8. The molecule has 1 atom stereocenters. The fourth-order valence-corrected chi connectivity index (χ4v) is 4.41. The molecule has 8 heteroatoms. The van der Waals surface area contributed by atoms with Crippen molar-refractivity contribution in [1.82, 2.24) is 19.2 Å². The number of carbonyl (C=O) groups excluding carboxylic acids is 2. The van der Waals surface area contributed by atoms with Crippen LogP contribution in [0, 0.1) is 6.92 Å². The molecule has 0 radical (unpaired) electrons. The van der Waals surface area contributed by atoms with Crippen molar-refractivity contribution >= 4 is 17.6 Å². The van der Waals surface area contributed by atoms with Gasteiger partial charge < -0.3 is 23.7 Å². The maximum Gasteiger partial charge on any atom is 0.409 e. The van der Waals surface area contributed by atoms with E-state index in [1.54, 1.807) is 18.9 Å². The van der Waals surface area contributed by atoms with Gasteiger partial charge >= 0.3 is 6.09 Å². The number of aryl methyl sites for hydroxylation is 1. The summed E-state index contributed by atoms with van der Waals surface area (Å²) in [6.45, 7) is 6.08. The molecular formula is C25H30N4O4. The van der Waals surface area contributed by atoms with Crippen LogP contribution in [-0.4, -0.2) is 71.1 Å². The molecule has 1 aliphatic heterocycles. The highest BCUT2D eigenvalue weighted by Crippen LogP contribution is 2.35. The van der Waals surface area contributed by atoms with Gasteiger partial charge in [0, 0.05) is 56.5 Å². The predicted octanol–water partition coefficient (Wildman–Crippen LogP) is 3.47. The van der Waals surface area contributed by atoms with Crippen molar-refractivity contribution in [3.8, 4) is 5.75 Å². The molecule has 33 heavy (non-hydrogen) atoms. The zero-order valence-electron chi connectivity index (χ0n) is 19.4. The number of fused-ring (bicyclic) bond motifs is 1. The highest BCUT2D eigenvalue weighted by Gasteiger charge is 2.30. The third-order valence-electron chi connectivity index (χ3n) is 6.17. The molecule has 0 bridgehead atoms. The molecule has 1 fully saturated rings. The summed E-state index contributed by atoms with van der Waals surface area (Å²) >= 11 is 0. The van der Waals surface area contributed by atoms with E-state index in [9.17, 15) is 9.59 Å². The Hall–Kier alpha value is -3.55. The lowest BCUT2D eigenvalue weighted by Gasteiger charge is -2.34. The molecule has 1 saturated heterocycles. The van der Waals surface area contributed by atoms with E-state index >= 15 is 0 Å². The van der Waals surface area contributed by atoms with Gasteiger partial charge in [-0.2, -0.15) is 0 Å². The van der Waals surface area contributed by atoms with Crippen LogP contribution in [0.15, 0.2) is 48.8 Å². The SMILES string of the molecule is CCOC(=O)N1CCN(C(=O)CC(c2ccccc2OC)c2cnc3c(C)cccn23)CC1. The number of hydrogen-bond donors (Lipinski definition) is 0. The monoisotopic (exact) mass is 450 g/mol. The first-order valence-electron chi connectivity index (χ1n) is 11.3. The molecule has 0 spiro atoms. The number of para-hydroxylation sites is 1. The largest absolute Gasteiger partial charge is 0.496 e. The van der Waals surface area contributed by atoms with Crippen molar-refractivity contribution in [3.05, 3.63) is 65.6 Å². The number of nitrogens with zero attached hydrogens (tertiary/aromatic N) is 4. The number of ether oxygens (including phenoxy) is 2. The number of imidazole rings is 1. The van der Waals surface area contributed by atoms with Crippen LogP contribution in [0.25, 0.3) is 5.65 Å². The summed E-state index contributed by atoms with van der Waals surface area (Å²) in [7, 11) is 1.64. The molecule has 2 aromatic heterocycles. The summed E-state index contributed by atoms with van der Waals surface area (Å²) in [4.78, 5) is 33.5. The summed E-state index contributed by atoms with van der Waals surface area (Å²) in [5, 5.41) is 0. The molecule has 0 saturated carbocycles. The first-order valence-corrected chi connectivity index (χ1v) is 11.3. The molecule has 3 heterocycles. The number of carbonyl (C=O) groups is 2. The first kappa shape index (κ1) is 22.6. The molecule has 1 aromatic carbocycles.